The Balaban J connectivity index is 1.84. The fourth-order valence-corrected chi connectivity index (χ4v) is 3.37. The van der Waals surface area contributed by atoms with E-state index in [4.69, 9.17) is 11.6 Å². The fourth-order valence-electron chi connectivity index (χ4n) is 2.37. The highest BCUT2D eigenvalue weighted by Crippen LogP contribution is 2.31. The van der Waals surface area contributed by atoms with Crippen LogP contribution in [0.1, 0.15) is 34.8 Å². The van der Waals surface area contributed by atoms with Gasteiger partial charge in [-0.1, -0.05) is 6.42 Å². The van der Waals surface area contributed by atoms with Crippen LogP contribution in [0, 0.1) is 18.8 Å². The zero-order valence-electron chi connectivity index (χ0n) is 9.91. The summed E-state index contributed by atoms with van der Waals surface area (Å²) in [5, 5.41) is 5.69. The van der Waals surface area contributed by atoms with Gasteiger partial charge in [-0.15, -0.1) is 22.9 Å². The zero-order valence-corrected chi connectivity index (χ0v) is 11.5. The van der Waals surface area contributed by atoms with Gasteiger partial charge < -0.3 is 5.32 Å². The maximum Gasteiger partial charge on any atom is 0.270 e. The lowest BCUT2D eigenvalue weighted by molar-refractivity contribution is 0.0940. The molecule has 0 radical (unpaired) electrons. The summed E-state index contributed by atoms with van der Waals surface area (Å²) >= 11 is 7.42. The van der Waals surface area contributed by atoms with Crippen molar-refractivity contribution in [2.24, 2.45) is 11.8 Å². The molecule has 0 spiro atoms. The van der Waals surface area contributed by atoms with Gasteiger partial charge in [-0.25, -0.2) is 4.98 Å². The van der Waals surface area contributed by atoms with Gasteiger partial charge in [0, 0.05) is 17.8 Å². The maximum atomic E-state index is 11.8. The number of halogens is 1. The molecule has 3 nitrogen and oxygen atoms in total. The molecule has 1 aromatic heterocycles. The molecule has 2 atom stereocenters. The van der Waals surface area contributed by atoms with Gasteiger partial charge in [-0.3, -0.25) is 4.79 Å². The van der Waals surface area contributed by atoms with Crippen molar-refractivity contribution < 1.29 is 4.79 Å². The van der Waals surface area contributed by atoms with E-state index in [-0.39, 0.29) is 5.91 Å². The number of amides is 1. The summed E-state index contributed by atoms with van der Waals surface area (Å²) in [5.74, 6) is 1.75. The number of hydrogen-bond donors (Lipinski definition) is 1. The molecule has 0 aromatic carbocycles. The minimum absolute atomic E-state index is 0.0606. The summed E-state index contributed by atoms with van der Waals surface area (Å²) in [5.41, 5.74) is 0.535. The fraction of sp³-hybridized carbons (Fsp3) is 0.667. The van der Waals surface area contributed by atoms with Gasteiger partial charge in [0.1, 0.15) is 5.69 Å². The second-order valence-electron chi connectivity index (χ2n) is 4.57. The summed E-state index contributed by atoms with van der Waals surface area (Å²) in [6, 6.07) is 0. The molecular weight excluding hydrogens is 256 g/mol. The van der Waals surface area contributed by atoms with Crippen LogP contribution in [0.4, 0.5) is 0 Å². The van der Waals surface area contributed by atoms with Crippen molar-refractivity contribution in [2.45, 2.75) is 26.2 Å². The molecule has 0 bridgehead atoms. The molecule has 1 amide bonds. The van der Waals surface area contributed by atoms with E-state index in [0.717, 1.165) is 11.6 Å². The van der Waals surface area contributed by atoms with Gasteiger partial charge in [-0.05, 0) is 31.6 Å². The van der Waals surface area contributed by atoms with Crippen molar-refractivity contribution in [1.29, 1.82) is 0 Å². The van der Waals surface area contributed by atoms with Crippen molar-refractivity contribution in [3.8, 4) is 0 Å². The van der Waals surface area contributed by atoms with Crippen LogP contribution >= 0.6 is 22.9 Å². The van der Waals surface area contributed by atoms with E-state index in [0.29, 0.717) is 23.4 Å². The van der Waals surface area contributed by atoms with Crippen LogP contribution in [0.25, 0.3) is 0 Å². The minimum Gasteiger partial charge on any atom is -0.350 e. The number of nitrogens with one attached hydrogen (secondary N) is 1. The number of hydrogen-bond acceptors (Lipinski definition) is 3. The highest BCUT2D eigenvalue weighted by molar-refractivity contribution is 7.09. The first-order valence-corrected chi connectivity index (χ1v) is 7.38. The average molecular weight is 273 g/mol. The first-order valence-electron chi connectivity index (χ1n) is 5.97. The third-order valence-corrected chi connectivity index (χ3v) is 4.56. The normalized spacial score (nSPS) is 23.9. The smallest absolute Gasteiger partial charge is 0.270 e. The van der Waals surface area contributed by atoms with Gasteiger partial charge in [0.2, 0.25) is 0 Å². The van der Waals surface area contributed by atoms with Gasteiger partial charge in [0.25, 0.3) is 5.91 Å². The Morgan fingerprint density at radius 3 is 3.00 bits per heavy atom. The van der Waals surface area contributed by atoms with Crippen molar-refractivity contribution >= 4 is 28.8 Å². The number of carbonyl (C=O) groups is 1. The van der Waals surface area contributed by atoms with E-state index in [1.165, 1.54) is 30.6 Å². The molecule has 17 heavy (non-hydrogen) atoms. The maximum absolute atomic E-state index is 11.8. The first-order chi connectivity index (χ1) is 8.20. The van der Waals surface area contributed by atoms with E-state index in [9.17, 15) is 4.79 Å². The molecule has 0 aliphatic heterocycles. The van der Waals surface area contributed by atoms with Crippen LogP contribution in [0.3, 0.4) is 0 Å². The van der Waals surface area contributed by atoms with Crippen molar-refractivity contribution in [3.63, 3.8) is 0 Å². The third kappa shape index (κ3) is 3.19. The Morgan fingerprint density at radius 2 is 2.35 bits per heavy atom. The predicted octanol–water partition coefficient (Wildman–Crippen LogP) is 2.84. The SMILES string of the molecule is Cc1nc(C(=O)NCC2CCCC2CCl)cs1. The summed E-state index contributed by atoms with van der Waals surface area (Å²) < 4.78 is 0. The molecule has 0 saturated heterocycles. The summed E-state index contributed by atoms with van der Waals surface area (Å²) in [7, 11) is 0. The van der Waals surface area contributed by atoms with Crippen LogP contribution in [0.5, 0.6) is 0 Å². The molecule has 1 aliphatic rings. The molecule has 2 unspecified atom stereocenters. The van der Waals surface area contributed by atoms with Crippen LogP contribution in [0.15, 0.2) is 5.38 Å². The lowest BCUT2D eigenvalue weighted by Crippen LogP contribution is -2.31. The summed E-state index contributed by atoms with van der Waals surface area (Å²) in [6.45, 7) is 2.63. The quantitative estimate of drug-likeness (QED) is 0.857. The molecule has 1 heterocycles. The second-order valence-corrected chi connectivity index (χ2v) is 5.94. The number of rotatable bonds is 4. The number of thiazole rings is 1. The van der Waals surface area contributed by atoms with Crippen molar-refractivity contribution in [3.05, 3.63) is 16.1 Å². The molecule has 5 heteroatoms. The number of aryl methyl sites for hydroxylation is 1. The van der Waals surface area contributed by atoms with Crippen LogP contribution in [0.2, 0.25) is 0 Å². The van der Waals surface area contributed by atoms with Gasteiger partial charge in [0.05, 0.1) is 5.01 Å². The highest BCUT2D eigenvalue weighted by atomic mass is 35.5. The monoisotopic (exact) mass is 272 g/mol. The molecule has 1 saturated carbocycles. The van der Waals surface area contributed by atoms with Crippen LogP contribution in [-0.4, -0.2) is 23.3 Å². The van der Waals surface area contributed by atoms with E-state index >= 15 is 0 Å². The van der Waals surface area contributed by atoms with E-state index in [2.05, 4.69) is 10.3 Å². The largest absolute Gasteiger partial charge is 0.350 e. The Hall–Kier alpha value is -0.610. The van der Waals surface area contributed by atoms with Crippen molar-refractivity contribution in [1.82, 2.24) is 10.3 Å². The van der Waals surface area contributed by atoms with Gasteiger partial charge >= 0.3 is 0 Å². The Bertz CT molecular complexity index is 394. The van der Waals surface area contributed by atoms with E-state index in [1.807, 2.05) is 6.92 Å². The van der Waals surface area contributed by atoms with Crippen molar-refractivity contribution in [2.75, 3.05) is 12.4 Å². The molecule has 1 N–H and O–H groups in total. The molecule has 1 fully saturated rings. The molecule has 1 aromatic rings. The number of aromatic nitrogens is 1. The Labute approximate surface area is 111 Å². The predicted molar refractivity (Wildman–Crippen MR) is 70.7 cm³/mol. The number of carbonyl (C=O) groups excluding carboxylic acids is 1. The van der Waals surface area contributed by atoms with E-state index in [1.54, 1.807) is 5.38 Å². The Kier molecular flexibility index (Phi) is 4.40. The van der Waals surface area contributed by atoms with Crippen LogP contribution < -0.4 is 5.32 Å². The third-order valence-electron chi connectivity index (χ3n) is 3.39. The van der Waals surface area contributed by atoms with Gasteiger partial charge in [-0.2, -0.15) is 0 Å². The lowest BCUT2D eigenvalue weighted by atomic mass is 9.98. The molecular formula is C12H17ClN2OS. The number of nitrogens with zero attached hydrogens (tertiary/aromatic N) is 1. The lowest BCUT2D eigenvalue weighted by Gasteiger charge is -2.17. The highest BCUT2D eigenvalue weighted by Gasteiger charge is 2.26. The average Bonchev–Trinajstić information content (AvgIpc) is 2.94. The standard InChI is InChI=1S/C12H17ClN2OS/c1-8-15-11(7-17-8)12(16)14-6-10-4-2-3-9(10)5-13/h7,9-10H,2-6H2,1H3,(H,14,16). The minimum atomic E-state index is -0.0606. The molecule has 2 rings (SSSR count). The summed E-state index contributed by atoms with van der Waals surface area (Å²) in [4.78, 5) is 16.0. The molecule has 94 valence electrons. The second kappa shape index (κ2) is 5.83. The first kappa shape index (κ1) is 12.8. The zero-order chi connectivity index (χ0) is 12.3. The Morgan fingerprint density at radius 1 is 1.59 bits per heavy atom. The number of alkyl halides is 1. The van der Waals surface area contributed by atoms with E-state index < -0.39 is 0 Å². The molecule has 1 aliphatic carbocycles. The van der Waals surface area contributed by atoms with Crippen LogP contribution in [-0.2, 0) is 0 Å². The summed E-state index contributed by atoms with van der Waals surface area (Å²) in [6.07, 6.45) is 3.60. The van der Waals surface area contributed by atoms with Gasteiger partial charge in [0.15, 0.2) is 0 Å². The topological polar surface area (TPSA) is 42.0 Å².